The van der Waals surface area contributed by atoms with Gasteiger partial charge < -0.3 is 18.3 Å². The molecular weight excluding hydrogens is 709 g/mol. The van der Waals surface area contributed by atoms with Crippen LogP contribution >= 0.6 is 0 Å². The Morgan fingerprint density at radius 2 is 0.810 bits per heavy atom. The van der Waals surface area contributed by atoms with E-state index < -0.39 is 0 Å². The molecule has 0 aliphatic heterocycles. The maximum absolute atomic E-state index is 6.52. The van der Waals surface area contributed by atoms with Gasteiger partial charge in [-0.15, -0.1) is 0 Å². The average Bonchev–Trinajstić information content (AvgIpc) is 3.97. The van der Waals surface area contributed by atoms with Crippen molar-refractivity contribution in [1.29, 1.82) is 0 Å². The quantitative estimate of drug-likeness (QED) is 0.170. The molecule has 0 fully saturated rings. The Morgan fingerprint density at radius 3 is 1.43 bits per heavy atom. The molecule has 9 aromatic carbocycles. The number of hydrogen-bond acceptors (Lipinski definition) is 3. The standard InChI is InChI=1S/C54H34N2O2/c1-5-25-49-43(17-1)44-18-2-6-26-50(44)56(49)40-16-10-15-39(34-40)55(37-31-29-35(30-32-37)41-21-11-23-47-45-19-3-7-27-51(45)57-53(41)47)38-14-9-13-36(33-38)42-22-12-24-48-46-20-4-8-28-52(46)58-54(42)48/h1-34H. The lowest BCUT2D eigenvalue weighted by atomic mass is 10.0. The number of fused-ring (bicyclic) bond motifs is 9. The van der Waals surface area contributed by atoms with Gasteiger partial charge in [0, 0.05) is 66.2 Å². The zero-order chi connectivity index (χ0) is 38.2. The molecule has 272 valence electrons. The first-order valence-electron chi connectivity index (χ1n) is 19.7. The number of aromatic nitrogens is 1. The van der Waals surface area contributed by atoms with Crippen molar-refractivity contribution in [2.75, 3.05) is 4.90 Å². The number of furan rings is 2. The van der Waals surface area contributed by atoms with Crippen molar-refractivity contribution in [1.82, 2.24) is 4.57 Å². The largest absolute Gasteiger partial charge is 0.455 e. The van der Waals surface area contributed by atoms with E-state index in [-0.39, 0.29) is 0 Å². The Kier molecular flexibility index (Phi) is 7.20. The van der Waals surface area contributed by atoms with Gasteiger partial charge in [0.2, 0.25) is 0 Å². The van der Waals surface area contributed by atoms with Crippen molar-refractivity contribution < 1.29 is 8.83 Å². The van der Waals surface area contributed by atoms with Crippen molar-refractivity contribution >= 4 is 82.7 Å². The summed E-state index contributed by atoms with van der Waals surface area (Å²) in [5, 5.41) is 6.97. The number of benzene rings is 9. The van der Waals surface area contributed by atoms with Crippen LogP contribution in [0.3, 0.4) is 0 Å². The third-order valence-corrected chi connectivity index (χ3v) is 11.6. The van der Waals surface area contributed by atoms with Gasteiger partial charge in [-0.1, -0.05) is 140 Å². The van der Waals surface area contributed by atoms with E-state index in [1.54, 1.807) is 0 Å². The van der Waals surface area contributed by atoms with E-state index in [9.17, 15) is 0 Å². The highest BCUT2D eigenvalue weighted by molar-refractivity contribution is 6.11. The topological polar surface area (TPSA) is 34.5 Å². The number of para-hydroxylation sites is 6. The smallest absolute Gasteiger partial charge is 0.143 e. The van der Waals surface area contributed by atoms with E-state index >= 15 is 0 Å². The zero-order valence-electron chi connectivity index (χ0n) is 31.3. The van der Waals surface area contributed by atoms with E-state index in [4.69, 9.17) is 8.83 Å². The Morgan fingerprint density at radius 1 is 0.328 bits per heavy atom. The Labute approximate surface area is 334 Å². The summed E-state index contributed by atoms with van der Waals surface area (Å²) in [5.74, 6) is 0. The molecule has 58 heavy (non-hydrogen) atoms. The molecular formula is C54H34N2O2. The first-order chi connectivity index (χ1) is 28.8. The van der Waals surface area contributed by atoms with Gasteiger partial charge in [0.1, 0.15) is 22.3 Å². The van der Waals surface area contributed by atoms with E-state index in [2.05, 4.69) is 191 Å². The third kappa shape index (κ3) is 5.02. The van der Waals surface area contributed by atoms with Gasteiger partial charge >= 0.3 is 0 Å². The average molecular weight is 743 g/mol. The Balaban J connectivity index is 1.03. The van der Waals surface area contributed by atoms with Crippen molar-refractivity contribution in [3.05, 3.63) is 206 Å². The second-order valence-corrected chi connectivity index (χ2v) is 14.9. The minimum absolute atomic E-state index is 0.892. The molecule has 3 heterocycles. The number of anilines is 3. The van der Waals surface area contributed by atoms with Crippen LogP contribution in [0.2, 0.25) is 0 Å². The van der Waals surface area contributed by atoms with Gasteiger partial charge in [0.05, 0.1) is 11.0 Å². The van der Waals surface area contributed by atoms with Gasteiger partial charge in [0.25, 0.3) is 0 Å². The summed E-state index contributed by atoms with van der Waals surface area (Å²) in [6.07, 6.45) is 0. The van der Waals surface area contributed by atoms with Gasteiger partial charge in [-0.05, 0) is 77.9 Å². The molecule has 0 bridgehead atoms. The molecule has 0 unspecified atom stereocenters. The van der Waals surface area contributed by atoms with Gasteiger partial charge in [-0.3, -0.25) is 0 Å². The van der Waals surface area contributed by atoms with Crippen molar-refractivity contribution in [2.45, 2.75) is 0 Å². The third-order valence-electron chi connectivity index (χ3n) is 11.6. The molecule has 12 aromatic rings. The first kappa shape index (κ1) is 32.4. The normalized spacial score (nSPS) is 11.8. The summed E-state index contributed by atoms with van der Waals surface area (Å²) in [4.78, 5) is 2.35. The predicted molar refractivity (Wildman–Crippen MR) is 241 cm³/mol. The minimum atomic E-state index is 0.892. The lowest BCUT2D eigenvalue weighted by molar-refractivity contribution is 0.669. The molecule has 0 saturated heterocycles. The van der Waals surface area contributed by atoms with Crippen LogP contribution in [0.15, 0.2) is 215 Å². The van der Waals surface area contributed by atoms with Crippen LogP contribution in [0.4, 0.5) is 17.1 Å². The van der Waals surface area contributed by atoms with Crippen LogP contribution in [0.25, 0.3) is 93.6 Å². The monoisotopic (exact) mass is 742 g/mol. The van der Waals surface area contributed by atoms with E-state index in [1.807, 2.05) is 24.3 Å². The fourth-order valence-corrected chi connectivity index (χ4v) is 8.97. The molecule has 0 amide bonds. The summed E-state index contributed by atoms with van der Waals surface area (Å²) >= 11 is 0. The maximum Gasteiger partial charge on any atom is 0.143 e. The van der Waals surface area contributed by atoms with E-state index in [1.165, 1.54) is 21.8 Å². The fraction of sp³-hybridized carbons (Fsp3) is 0. The number of rotatable bonds is 6. The molecule has 0 saturated carbocycles. The molecule has 0 aliphatic rings. The van der Waals surface area contributed by atoms with Crippen molar-refractivity contribution in [2.24, 2.45) is 0 Å². The first-order valence-corrected chi connectivity index (χ1v) is 19.7. The highest BCUT2D eigenvalue weighted by atomic mass is 16.3. The van der Waals surface area contributed by atoms with Gasteiger partial charge in [-0.2, -0.15) is 0 Å². The molecule has 4 heteroatoms. The SMILES string of the molecule is c1cc(-c2cccc3c2oc2ccccc23)cc(N(c2ccc(-c3cccc4c3oc3ccccc34)cc2)c2cccc(-n3c4ccccc4c4ccccc43)c2)c1. The van der Waals surface area contributed by atoms with Crippen molar-refractivity contribution in [3.8, 4) is 27.9 Å². The molecule has 0 N–H and O–H groups in total. The second kappa shape index (κ2) is 12.9. The number of nitrogens with zero attached hydrogens (tertiary/aromatic N) is 2. The molecule has 12 rings (SSSR count). The van der Waals surface area contributed by atoms with Crippen LogP contribution in [0, 0.1) is 0 Å². The fourth-order valence-electron chi connectivity index (χ4n) is 8.97. The second-order valence-electron chi connectivity index (χ2n) is 14.9. The Hall–Kier alpha value is -7.82. The molecule has 0 radical (unpaired) electrons. The van der Waals surface area contributed by atoms with Crippen molar-refractivity contribution in [3.63, 3.8) is 0 Å². The highest BCUT2D eigenvalue weighted by Gasteiger charge is 2.19. The molecule has 3 aromatic heterocycles. The van der Waals surface area contributed by atoms with Crippen LogP contribution in [0.1, 0.15) is 0 Å². The van der Waals surface area contributed by atoms with Crippen LogP contribution in [0.5, 0.6) is 0 Å². The van der Waals surface area contributed by atoms with Crippen LogP contribution in [-0.2, 0) is 0 Å². The molecule has 0 spiro atoms. The van der Waals surface area contributed by atoms with Gasteiger partial charge in [-0.25, -0.2) is 0 Å². The summed E-state index contributed by atoms with van der Waals surface area (Å²) in [7, 11) is 0. The van der Waals surface area contributed by atoms with E-state index in [0.717, 1.165) is 88.9 Å². The Bertz CT molecular complexity index is 3480. The maximum atomic E-state index is 6.52. The zero-order valence-corrected chi connectivity index (χ0v) is 31.3. The summed E-state index contributed by atoms with van der Waals surface area (Å²) in [5.41, 5.74) is 14.5. The number of hydrogen-bond donors (Lipinski definition) is 0. The molecule has 0 atom stereocenters. The summed E-state index contributed by atoms with van der Waals surface area (Å²) in [6.45, 7) is 0. The highest BCUT2D eigenvalue weighted by Crippen LogP contribution is 2.43. The van der Waals surface area contributed by atoms with Gasteiger partial charge in [0.15, 0.2) is 0 Å². The minimum Gasteiger partial charge on any atom is -0.455 e. The van der Waals surface area contributed by atoms with Crippen LogP contribution in [-0.4, -0.2) is 4.57 Å². The molecule has 0 aliphatic carbocycles. The summed E-state index contributed by atoms with van der Waals surface area (Å²) < 4.78 is 15.3. The molecule has 4 nitrogen and oxygen atoms in total. The lowest BCUT2D eigenvalue weighted by Gasteiger charge is -2.27. The summed E-state index contributed by atoms with van der Waals surface area (Å²) in [6, 6.07) is 73.2. The van der Waals surface area contributed by atoms with Crippen LogP contribution < -0.4 is 4.90 Å². The lowest BCUT2D eigenvalue weighted by Crippen LogP contribution is -2.10. The predicted octanol–water partition coefficient (Wildman–Crippen LogP) is 15.4. The van der Waals surface area contributed by atoms with E-state index in [0.29, 0.717) is 0 Å².